The van der Waals surface area contributed by atoms with Gasteiger partial charge in [-0.25, -0.2) is 4.39 Å². The van der Waals surface area contributed by atoms with E-state index in [-0.39, 0.29) is 24.9 Å². The number of benzene rings is 1. The van der Waals surface area contributed by atoms with Crippen LogP contribution in [0.25, 0.3) is 0 Å². The maximum atomic E-state index is 12.9. The largest absolute Gasteiger partial charge is 0.376 e. The van der Waals surface area contributed by atoms with E-state index in [1.807, 2.05) is 0 Å². The first-order chi connectivity index (χ1) is 10.6. The minimum Gasteiger partial charge on any atom is -0.376 e. The topological polar surface area (TPSA) is 90.7 Å². The summed E-state index contributed by atoms with van der Waals surface area (Å²) in [7, 11) is 0. The van der Waals surface area contributed by atoms with Crippen LogP contribution in [-0.2, 0) is 25.5 Å². The normalized spacial score (nSPS) is 19.4. The standard InChI is InChI=1S/C15H19FN2O4/c16-12-3-1-10(2-4-12)7-11(14(17)19)8-18-15(20)13-9-21-5-6-22-13/h1-4,11,13H,5-9H2,(H2,17,19)(H,18,20)/t11-,13+/m1/s1. The molecule has 6 nitrogen and oxygen atoms in total. The maximum Gasteiger partial charge on any atom is 0.251 e. The lowest BCUT2D eigenvalue weighted by Gasteiger charge is -2.23. The first-order valence-corrected chi connectivity index (χ1v) is 7.07. The summed E-state index contributed by atoms with van der Waals surface area (Å²) in [6.45, 7) is 1.14. The first kappa shape index (κ1) is 16.4. The molecule has 0 spiro atoms. The molecule has 2 amide bonds. The van der Waals surface area contributed by atoms with Gasteiger partial charge in [0.15, 0.2) is 6.10 Å². The van der Waals surface area contributed by atoms with Crippen LogP contribution in [0.4, 0.5) is 4.39 Å². The van der Waals surface area contributed by atoms with E-state index in [2.05, 4.69) is 5.32 Å². The Balaban J connectivity index is 1.87. The van der Waals surface area contributed by atoms with Crippen LogP contribution in [0.1, 0.15) is 5.56 Å². The molecule has 0 bridgehead atoms. The molecule has 0 unspecified atom stereocenters. The molecule has 0 aromatic heterocycles. The molecule has 2 atom stereocenters. The highest BCUT2D eigenvalue weighted by Gasteiger charge is 2.24. The lowest BCUT2D eigenvalue weighted by molar-refractivity contribution is -0.147. The minimum absolute atomic E-state index is 0.103. The van der Waals surface area contributed by atoms with Crippen molar-refractivity contribution in [2.24, 2.45) is 11.7 Å². The van der Waals surface area contributed by atoms with Gasteiger partial charge < -0.3 is 20.5 Å². The number of nitrogens with two attached hydrogens (primary N) is 1. The summed E-state index contributed by atoms with van der Waals surface area (Å²) < 4.78 is 23.3. The summed E-state index contributed by atoms with van der Waals surface area (Å²) in [6.07, 6.45) is -0.328. The molecule has 1 aromatic rings. The zero-order chi connectivity index (χ0) is 15.9. The van der Waals surface area contributed by atoms with E-state index in [0.29, 0.717) is 19.6 Å². The zero-order valence-electron chi connectivity index (χ0n) is 12.1. The molecule has 1 aliphatic heterocycles. The number of ether oxygens (including phenoxy) is 2. The fourth-order valence-corrected chi connectivity index (χ4v) is 2.16. The number of halogens is 1. The Bertz CT molecular complexity index is 515. The van der Waals surface area contributed by atoms with Gasteiger partial charge in [0.05, 0.1) is 25.7 Å². The second-order valence-electron chi connectivity index (χ2n) is 5.11. The average Bonchev–Trinajstić information content (AvgIpc) is 2.53. The second kappa shape index (κ2) is 7.86. The molecule has 7 heteroatoms. The predicted molar refractivity (Wildman–Crippen MR) is 76.4 cm³/mol. The molecule has 1 aliphatic rings. The molecule has 22 heavy (non-hydrogen) atoms. The highest BCUT2D eigenvalue weighted by molar-refractivity contribution is 5.82. The van der Waals surface area contributed by atoms with Crippen molar-refractivity contribution in [2.45, 2.75) is 12.5 Å². The Morgan fingerprint density at radius 1 is 1.32 bits per heavy atom. The summed E-state index contributed by atoms with van der Waals surface area (Å²) in [5.41, 5.74) is 6.13. The fourth-order valence-electron chi connectivity index (χ4n) is 2.16. The van der Waals surface area contributed by atoms with E-state index in [1.165, 1.54) is 12.1 Å². The summed E-state index contributed by atoms with van der Waals surface area (Å²) in [5, 5.41) is 2.65. The Morgan fingerprint density at radius 2 is 2.05 bits per heavy atom. The van der Waals surface area contributed by atoms with Crippen molar-refractivity contribution >= 4 is 11.8 Å². The molecule has 1 aromatic carbocycles. The molecule has 1 saturated heterocycles. The van der Waals surface area contributed by atoms with E-state index in [0.717, 1.165) is 5.56 Å². The Labute approximate surface area is 127 Å². The van der Waals surface area contributed by atoms with Crippen LogP contribution in [0.3, 0.4) is 0 Å². The quantitative estimate of drug-likeness (QED) is 0.774. The first-order valence-electron chi connectivity index (χ1n) is 7.07. The van der Waals surface area contributed by atoms with E-state index in [9.17, 15) is 14.0 Å². The van der Waals surface area contributed by atoms with Gasteiger partial charge in [-0.1, -0.05) is 12.1 Å². The summed E-state index contributed by atoms with van der Waals surface area (Å²) in [6, 6.07) is 5.81. The number of primary amides is 1. The third-order valence-electron chi connectivity index (χ3n) is 3.43. The second-order valence-corrected chi connectivity index (χ2v) is 5.11. The highest BCUT2D eigenvalue weighted by atomic mass is 19.1. The van der Waals surface area contributed by atoms with Crippen molar-refractivity contribution in [2.75, 3.05) is 26.4 Å². The Hall–Kier alpha value is -1.99. The van der Waals surface area contributed by atoms with Crippen LogP contribution in [0.2, 0.25) is 0 Å². The van der Waals surface area contributed by atoms with Gasteiger partial charge >= 0.3 is 0 Å². The van der Waals surface area contributed by atoms with Crippen LogP contribution < -0.4 is 11.1 Å². The summed E-state index contributed by atoms with van der Waals surface area (Å²) in [5.74, 6) is -1.77. The number of rotatable bonds is 6. The van der Waals surface area contributed by atoms with Crippen molar-refractivity contribution in [1.82, 2.24) is 5.32 Å². The van der Waals surface area contributed by atoms with Gasteiger partial charge in [0.1, 0.15) is 5.82 Å². The van der Waals surface area contributed by atoms with Crippen LogP contribution in [0, 0.1) is 11.7 Å². The molecule has 1 fully saturated rings. The number of carbonyl (C=O) groups excluding carboxylic acids is 2. The van der Waals surface area contributed by atoms with Gasteiger partial charge in [0, 0.05) is 6.54 Å². The Morgan fingerprint density at radius 3 is 2.64 bits per heavy atom. The van der Waals surface area contributed by atoms with E-state index in [1.54, 1.807) is 12.1 Å². The zero-order valence-corrected chi connectivity index (χ0v) is 12.1. The fraction of sp³-hybridized carbons (Fsp3) is 0.467. The van der Waals surface area contributed by atoms with Gasteiger partial charge in [-0.3, -0.25) is 9.59 Å². The number of amides is 2. The summed E-state index contributed by atoms with van der Waals surface area (Å²) >= 11 is 0. The lowest BCUT2D eigenvalue weighted by atomic mass is 9.98. The van der Waals surface area contributed by atoms with Gasteiger partial charge in [-0.15, -0.1) is 0 Å². The Kier molecular flexibility index (Phi) is 5.85. The number of nitrogens with one attached hydrogen (secondary N) is 1. The summed E-state index contributed by atoms with van der Waals surface area (Å²) in [4.78, 5) is 23.4. The van der Waals surface area contributed by atoms with Crippen LogP contribution in [0.5, 0.6) is 0 Å². The molecule has 0 radical (unpaired) electrons. The van der Waals surface area contributed by atoms with E-state index >= 15 is 0 Å². The minimum atomic E-state index is -0.659. The van der Waals surface area contributed by atoms with Crippen molar-refractivity contribution in [1.29, 1.82) is 0 Å². The van der Waals surface area contributed by atoms with Gasteiger partial charge in [-0.2, -0.15) is 0 Å². The SMILES string of the molecule is NC(=O)[C@@H](CNC(=O)[C@@H]1COCCO1)Cc1ccc(F)cc1. The van der Waals surface area contributed by atoms with Gasteiger partial charge in [0.2, 0.25) is 5.91 Å². The number of carbonyl (C=O) groups is 2. The molecule has 0 saturated carbocycles. The third kappa shape index (κ3) is 4.78. The van der Waals surface area contributed by atoms with Crippen molar-refractivity contribution in [3.8, 4) is 0 Å². The monoisotopic (exact) mass is 310 g/mol. The van der Waals surface area contributed by atoms with E-state index < -0.39 is 17.9 Å². The van der Waals surface area contributed by atoms with Crippen molar-refractivity contribution in [3.63, 3.8) is 0 Å². The van der Waals surface area contributed by atoms with E-state index in [4.69, 9.17) is 15.2 Å². The number of hydrogen-bond acceptors (Lipinski definition) is 4. The lowest BCUT2D eigenvalue weighted by Crippen LogP contribution is -2.46. The average molecular weight is 310 g/mol. The van der Waals surface area contributed by atoms with Crippen LogP contribution >= 0.6 is 0 Å². The number of hydrogen-bond donors (Lipinski definition) is 2. The van der Waals surface area contributed by atoms with Gasteiger partial charge in [0.25, 0.3) is 5.91 Å². The highest BCUT2D eigenvalue weighted by Crippen LogP contribution is 2.10. The van der Waals surface area contributed by atoms with Crippen molar-refractivity contribution in [3.05, 3.63) is 35.6 Å². The molecule has 120 valence electrons. The van der Waals surface area contributed by atoms with Gasteiger partial charge in [-0.05, 0) is 24.1 Å². The van der Waals surface area contributed by atoms with Crippen LogP contribution in [0.15, 0.2) is 24.3 Å². The molecule has 0 aliphatic carbocycles. The van der Waals surface area contributed by atoms with Crippen molar-refractivity contribution < 1.29 is 23.5 Å². The third-order valence-corrected chi connectivity index (χ3v) is 3.43. The smallest absolute Gasteiger partial charge is 0.251 e. The molecule has 2 rings (SSSR count). The molecule has 3 N–H and O–H groups in total. The molecule has 1 heterocycles. The predicted octanol–water partition coefficient (Wildman–Crippen LogP) is 0.00130. The van der Waals surface area contributed by atoms with Crippen LogP contribution in [-0.4, -0.2) is 44.3 Å². The molecular formula is C15H19FN2O4. The molecular weight excluding hydrogens is 291 g/mol. The maximum absolute atomic E-state index is 12.9.